The minimum Gasteiger partial charge on any atom is -0.455 e. The first kappa shape index (κ1) is 8.97. The molecule has 0 aromatic heterocycles. The summed E-state index contributed by atoms with van der Waals surface area (Å²) in [6.45, 7) is 0. The van der Waals surface area contributed by atoms with Crippen molar-refractivity contribution in [1.82, 2.24) is 0 Å². The Morgan fingerprint density at radius 2 is 1.08 bits per heavy atom. The maximum atomic E-state index is 9.57. The van der Waals surface area contributed by atoms with Crippen molar-refractivity contribution in [3.8, 4) is 33.8 Å². The molecule has 9 rings (SSSR count). The zero-order chi connectivity index (χ0) is 44.6. The lowest BCUT2D eigenvalue weighted by molar-refractivity contribution is 0.493. The standard InChI is InChI=1S/C38H22O/c1-4-11-26-23(8-1)16-18-32-34(26)22-25-10-3-5-12-27(25)36(32)31-20-21-35-37-29(31)14-7-15-30(37)33-19-17-24-9-2-6-13-28(24)38(33)39-35/h1-22H/i1D,2D,3D,4D,5D,6D,7D,8D,9D,10D,11D,12D,13D,14D,15D,16D,17D,18D,19D,20D,21D,22D. The lowest BCUT2D eigenvalue weighted by Crippen LogP contribution is -1.99. The van der Waals surface area contributed by atoms with Gasteiger partial charge in [0.1, 0.15) is 11.5 Å². The molecule has 1 heteroatoms. The molecule has 0 bridgehead atoms. The van der Waals surface area contributed by atoms with Crippen LogP contribution in [0.15, 0.2) is 133 Å². The molecule has 0 fully saturated rings. The summed E-state index contributed by atoms with van der Waals surface area (Å²) in [5.41, 5.74) is -2.00. The second kappa shape index (κ2) is 7.69. The molecule has 0 aliphatic carbocycles. The van der Waals surface area contributed by atoms with Crippen LogP contribution >= 0.6 is 0 Å². The molecule has 8 aromatic rings. The summed E-state index contributed by atoms with van der Waals surface area (Å²) in [7, 11) is 0. The van der Waals surface area contributed by atoms with Gasteiger partial charge >= 0.3 is 0 Å². The summed E-state index contributed by atoms with van der Waals surface area (Å²) in [5.74, 6) is -1.09. The topological polar surface area (TPSA) is 9.23 Å². The molecular weight excluding hydrogens is 472 g/mol. The zero-order valence-corrected chi connectivity index (χ0v) is 19.4. The van der Waals surface area contributed by atoms with Crippen LogP contribution in [0.5, 0.6) is 11.5 Å². The number of rotatable bonds is 1. The van der Waals surface area contributed by atoms with Gasteiger partial charge in [0.05, 0.1) is 30.2 Å². The molecule has 0 spiro atoms. The second-order valence-electron chi connectivity index (χ2n) is 8.76. The third-order valence-corrected chi connectivity index (χ3v) is 6.75. The quantitative estimate of drug-likeness (QED) is 0.156. The molecule has 1 nitrogen and oxygen atoms in total. The van der Waals surface area contributed by atoms with Crippen LogP contribution in [0.4, 0.5) is 0 Å². The predicted molar refractivity (Wildman–Crippen MR) is 165 cm³/mol. The van der Waals surface area contributed by atoms with E-state index >= 15 is 0 Å². The minimum atomic E-state index is -0.884. The largest absolute Gasteiger partial charge is 0.455 e. The first-order valence-corrected chi connectivity index (χ1v) is 11.7. The molecule has 39 heavy (non-hydrogen) atoms. The van der Waals surface area contributed by atoms with Crippen LogP contribution in [-0.2, 0) is 0 Å². The van der Waals surface area contributed by atoms with Crippen LogP contribution in [-0.4, -0.2) is 0 Å². The molecule has 1 heterocycles. The fourth-order valence-corrected chi connectivity index (χ4v) is 5.09. The van der Waals surface area contributed by atoms with Gasteiger partial charge in [-0.15, -0.1) is 0 Å². The number of benzene rings is 8. The molecule has 0 unspecified atom stereocenters. The fourth-order valence-electron chi connectivity index (χ4n) is 5.09. The highest BCUT2D eigenvalue weighted by atomic mass is 16.5. The van der Waals surface area contributed by atoms with Gasteiger partial charge in [-0.2, -0.15) is 0 Å². The Morgan fingerprint density at radius 3 is 1.95 bits per heavy atom. The number of fused-ring (bicyclic) bond motifs is 8. The van der Waals surface area contributed by atoms with E-state index in [1.54, 1.807) is 0 Å². The van der Waals surface area contributed by atoms with E-state index in [0.717, 1.165) is 0 Å². The van der Waals surface area contributed by atoms with Gasteiger partial charge in [-0.3, -0.25) is 0 Å². The van der Waals surface area contributed by atoms with Gasteiger partial charge in [0.2, 0.25) is 0 Å². The van der Waals surface area contributed by atoms with Crippen molar-refractivity contribution in [2.75, 3.05) is 0 Å². The Kier molecular flexibility index (Phi) is 1.77. The monoisotopic (exact) mass is 516 g/mol. The predicted octanol–water partition coefficient (Wildman–Crippen LogP) is 10.9. The van der Waals surface area contributed by atoms with Crippen molar-refractivity contribution < 1.29 is 34.9 Å². The van der Waals surface area contributed by atoms with Crippen molar-refractivity contribution >= 4 is 53.9 Å². The molecule has 1 aliphatic rings. The Morgan fingerprint density at radius 1 is 0.410 bits per heavy atom. The molecule has 0 radical (unpaired) electrons. The Bertz CT molecular complexity index is 3520. The van der Waals surface area contributed by atoms with E-state index in [0.29, 0.717) is 0 Å². The Labute approximate surface area is 256 Å². The summed E-state index contributed by atoms with van der Waals surface area (Å²) < 4.78 is 202. The van der Waals surface area contributed by atoms with Crippen LogP contribution in [0.1, 0.15) is 30.2 Å². The van der Waals surface area contributed by atoms with Gasteiger partial charge < -0.3 is 4.74 Å². The fraction of sp³-hybridized carbons (Fsp3) is 0. The van der Waals surface area contributed by atoms with Crippen LogP contribution in [0, 0.1) is 0 Å². The average Bonchev–Trinajstić information content (AvgIpc) is 3.23. The van der Waals surface area contributed by atoms with E-state index in [9.17, 15) is 6.85 Å². The third-order valence-electron chi connectivity index (χ3n) is 6.75. The molecule has 0 saturated heterocycles. The number of hydrogen-bond acceptors (Lipinski definition) is 1. The van der Waals surface area contributed by atoms with Gasteiger partial charge in [-0.25, -0.2) is 0 Å². The SMILES string of the molecule is [2H]c1c([2H])c([2H])c2c3c(c([2H])c([2H])c2c1[2H])-c1c([2H])c([2H])c([2H])c2c(-c4c5c([2H])c([2H])c([2H])c([2H])c5c([2H])c5c4c([2H])c([2H])c4c([2H])c([2H])c([2H])c([2H])c45)c([2H])c([2H])c(c12)O3. The van der Waals surface area contributed by atoms with Gasteiger partial charge in [-0.05, 0) is 83.9 Å². The zero-order valence-electron chi connectivity index (χ0n) is 41.4. The van der Waals surface area contributed by atoms with Crippen LogP contribution in [0.2, 0.25) is 0 Å². The van der Waals surface area contributed by atoms with E-state index in [-0.39, 0.29) is 5.39 Å². The van der Waals surface area contributed by atoms with Gasteiger partial charge in [-0.1, -0.05) is 109 Å². The van der Waals surface area contributed by atoms with Crippen LogP contribution in [0.25, 0.3) is 76.1 Å². The second-order valence-corrected chi connectivity index (χ2v) is 8.76. The smallest absolute Gasteiger partial charge is 0.143 e. The van der Waals surface area contributed by atoms with E-state index in [1.165, 1.54) is 0 Å². The first-order chi connectivity index (χ1) is 28.5. The van der Waals surface area contributed by atoms with Crippen molar-refractivity contribution in [2.45, 2.75) is 0 Å². The molecule has 180 valence electrons. The molecule has 0 atom stereocenters. The van der Waals surface area contributed by atoms with Crippen LogP contribution < -0.4 is 4.74 Å². The molecule has 0 amide bonds. The number of hydrogen-bond donors (Lipinski definition) is 0. The summed E-state index contributed by atoms with van der Waals surface area (Å²) in [6, 6.07) is -17.2. The Hall–Kier alpha value is -5.14. The van der Waals surface area contributed by atoms with Crippen molar-refractivity contribution in [1.29, 1.82) is 0 Å². The van der Waals surface area contributed by atoms with Crippen molar-refractivity contribution in [3.63, 3.8) is 0 Å². The van der Waals surface area contributed by atoms with Crippen LogP contribution in [0.3, 0.4) is 0 Å². The van der Waals surface area contributed by atoms with Gasteiger partial charge in [0, 0.05) is 16.3 Å². The molecule has 1 aliphatic heterocycles. The Balaban J connectivity index is 1.63. The molecule has 0 saturated carbocycles. The maximum absolute atomic E-state index is 9.57. The third kappa shape index (κ3) is 2.85. The van der Waals surface area contributed by atoms with E-state index in [4.69, 9.17) is 28.0 Å². The van der Waals surface area contributed by atoms with Crippen molar-refractivity contribution in [2.24, 2.45) is 0 Å². The van der Waals surface area contributed by atoms with Gasteiger partial charge in [0.25, 0.3) is 0 Å². The highest BCUT2D eigenvalue weighted by Gasteiger charge is 2.24. The van der Waals surface area contributed by atoms with E-state index in [2.05, 4.69) is 0 Å². The normalized spacial score (nSPS) is 20.2. The summed E-state index contributed by atoms with van der Waals surface area (Å²) in [5, 5.41) is -4.83. The van der Waals surface area contributed by atoms with E-state index in [1.807, 2.05) is 0 Å². The lowest BCUT2D eigenvalue weighted by atomic mass is 9.85. The molecular formula is C38H22O. The molecule has 8 aromatic carbocycles. The summed E-state index contributed by atoms with van der Waals surface area (Å²) in [4.78, 5) is 0. The van der Waals surface area contributed by atoms with Crippen molar-refractivity contribution in [3.05, 3.63) is 133 Å². The van der Waals surface area contributed by atoms with Gasteiger partial charge in [0.15, 0.2) is 0 Å². The molecule has 0 N–H and O–H groups in total. The van der Waals surface area contributed by atoms with E-state index < -0.39 is 215 Å². The lowest BCUT2D eigenvalue weighted by Gasteiger charge is -2.24. The maximum Gasteiger partial charge on any atom is 0.143 e. The summed E-state index contributed by atoms with van der Waals surface area (Å²) in [6.07, 6.45) is 0. The number of ether oxygens (including phenoxy) is 1. The average molecular weight is 517 g/mol. The first-order valence-electron chi connectivity index (χ1n) is 22.7. The highest BCUT2D eigenvalue weighted by molar-refractivity contribution is 6.23. The minimum absolute atomic E-state index is 0.389. The highest BCUT2D eigenvalue weighted by Crippen LogP contribution is 2.52. The summed E-state index contributed by atoms with van der Waals surface area (Å²) >= 11 is 0.